The van der Waals surface area contributed by atoms with E-state index in [0.717, 1.165) is 38.5 Å². The molecule has 0 saturated carbocycles. The molecule has 114 valence electrons. The zero-order chi connectivity index (χ0) is 15.7. The second kappa shape index (κ2) is 5.97. The Kier molecular flexibility index (Phi) is 4.03. The minimum atomic E-state index is 0.0606. The quantitative estimate of drug-likeness (QED) is 0.703. The van der Waals surface area contributed by atoms with E-state index in [1.165, 1.54) is 11.3 Å². The second-order valence-electron chi connectivity index (χ2n) is 5.43. The van der Waals surface area contributed by atoms with Gasteiger partial charge in [-0.2, -0.15) is 0 Å². The minimum absolute atomic E-state index is 0.0606. The average molecular weight is 313 g/mol. The van der Waals surface area contributed by atoms with E-state index in [1.54, 1.807) is 4.90 Å². The average Bonchev–Trinajstić information content (AvgIpc) is 3.10. The van der Waals surface area contributed by atoms with Gasteiger partial charge >= 0.3 is 0 Å². The number of furan rings is 1. The molecule has 22 heavy (non-hydrogen) atoms. The monoisotopic (exact) mass is 313 g/mol. The molecule has 2 heterocycles. The molecule has 3 nitrogen and oxygen atoms in total. The maximum Gasteiger partial charge on any atom is 0.263 e. The molecule has 0 unspecified atom stereocenters. The number of nitrogens with zero attached hydrogens (tertiary/aromatic N) is 1. The third-order valence-electron chi connectivity index (χ3n) is 3.80. The molecule has 0 aliphatic heterocycles. The van der Waals surface area contributed by atoms with Crippen molar-refractivity contribution in [1.29, 1.82) is 0 Å². The maximum atomic E-state index is 12.5. The van der Waals surface area contributed by atoms with Crippen LogP contribution in [-0.4, -0.2) is 17.9 Å². The molecule has 1 amide bonds. The fraction of sp³-hybridized carbons (Fsp3) is 0.278. The van der Waals surface area contributed by atoms with Gasteiger partial charge in [-0.15, -0.1) is 11.3 Å². The Labute approximate surface area is 134 Å². The summed E-state index contributed by atoms with van der Waals surface area (Å²) >= 11 is 1.54. The first kappa shape index (κ1) is 14.9. The molecule has 0 radical (unpaired) electrons. The Hall–Kier alpha value is -2.07. The highest BCUT2D eigenvalue weighted by atomic mass is 32.1. The fourth-order valence-electron chi connectivity index (χ4n) is 2.65. The van der Waals surface area contributed by atoms with Crippen LogP contribution in [-0.2, 0) is 13.0 Å². The SMILES string of the molecule is CCc1oc2ccccc2c1CN(C)C(=O)c1ccc(C)s1. The number of aryl methyl sites for hydroxylation is 2. The van der Waals surface area contributed by atoms with Crippen LogP contribution in [0.1, 0.15) is 32.8 Å². The van der Waals surface area contributed by atoms with E-state index in [4.69, 9.17) is 4.42 Å². The number of thiophene rings is 1. The largest absolute Gasteiger partial charge is 0.461 e. The van der Waals surface area contributed by atoms with E-state index in [1.807, 2.05) is 44.3 Å². The first-order valence-electron chi connectivity index (χ1n) is 7.41. The molecule has 0 aliphatic carbocycles. The van der Waals surface area contributed by atoms with Crippen LogP contribution in [0, 0.1) is 6.92 Å². The van der Waals surface area contributed by atoms with E-state index in [9.17, 15) is 4.79 Å². The van der Waals surface area contributed by atoms with Gasteiger partial charge in [0.05, 0.1) is 4.88 Å². The van der Waals surface area contributed by atoms with Gasteiger partial charge < -0.3 is 9.32 Å². The topological polar surface area (TPSA) is 33.5 Å². The summed E-state index contributed by atoms with van der Waals surface area (Å²) in [5, 5.41) is 1.10. The summed E-state index contributed by atoms with van der Waals surface area (Å²) in [6.45, 7) is 4.65. The second-order valence-corrected chi connectivity index (χ2v) is 6.71. The van der Waals surface area contributed by atoms with Crippen LogP contribution in [0.2, 0.25) is 0 Å². The van der Waals surface area contributed by atoms with Gasteiger partial charge in [0.2, 0.25) is 0 Å². The lowest BCUT2D eigenvalue weighted by molar-refractivity contribution is 0.0790. The normalized spacial score (nSPS) is 11.0. The minimum Gasteiger partial charge on any atom is -0.461 e. The van der Waals surface area contributed by atoms with Crippen molar-refractivity contribution in [3.8, 4) is 0 Å². The predicted molar refractivity (Wildman–Crippen MR) is 90.4 cm³/mol. The maximum absolute atomic E-state index is 12.5. The molecule has 0 N–H and O–H groups in total. The van der Waals surface area contributed by atoms with Crippen molar-refractivity contribution < 1.29 is 9.21 Å². The number of carbonyl (C=O) groups is 1. The first-order chi connectivity index (χ1) is 10.6. The molecule has 2 aromatic heterocycles. The third kappa shape index (κ3) is 2.66. The molecule has 4 heteroatoms. The lowest BCUT2D eigenvalue weighted by atomic mass is 10.1. The molecule has 0 aliphatic rings. The van der Waals surface area contributed by atoms with Crippen LogP contribution >= 0.6 is 11.3 Å². The van der Waals surface area contributed by atoms with Crippen molar-refractivity contribution in [2.24, 2.45) is 0 Å². The Morgan fingerprint density at radius 1 is 1.23 bits per heavy atom. The number of hydrogen-bond donors (Lipinski definition) is 0. The Morgan fingerprint density at radius 3 is 2.68 bits per heavy atom. The number of rotatable bonds is 4. The predicted octanol–water partition coefficient (Wildman–Crippen LogP) is 4.64. The highest BCUT2D eigenvalue weighted by molar-refractivity contribution is 7.13. The zero-order valence-corrected chi connectivity index (χ0v) is 13.9. The van der Waals surface area contributed by atoms with E-state index < -0.39 is 0 Å². The lowest BCUT2D eigenvalue weighted by Gasteiger charge is -2.16. The summed E-state index contributed by atoms with van der Waals surface area (Å²) in [7, 11) is 1.85. The van der Waals surface area contributed by atoms with Gasteiger partial charge in [-0.3, -0.25) is 4.79 Å². The van der Waals surface area contributed by atoms with Gasteiger partial charge in [-0.1, -0.05) is 25.1 Å². The molecule has 0 spiro atoms. The third-order valence-corrected chi connectivity index (χ3v) is 4.78. The molecular weight excluding hydrogens is 294 g/mol. The summed E-state index contributed by atoms with van der Waals surface area (Å²) < 4.78 is 5.90. The highest BCUT2D eigenvalue weighted by Crippen LogP contribution is 2.28. The molecule has 0 saturated heterocycles. The summed E-state index contributed by atoms with van der Waals surface area (Å²) in [5.41, 5.74) is 2.00. The molecule has 0 fully saturated rings. The van der Waals surface area contributed by atoms with Crippen molar-refractivity contribution >= 4 is 28.2 Å². The molecule has 3 rings (SSSR count). The van der Waals surface area contributed by atoms with Crippen LogP contribution in [0.25, 0.3) is 11.0 Å². The lowest BCUT2D eigenvalue weighted by Crippen LogP contribution is -2.25. The number of amides is 1. The van der Waals surface area contributed by atoms with Gasteiger partial charge in [0.25, 0.3) is 5.91 Å². The Bertz CT molecular complexity index is 815. The van der Waals surface area contributed by atoms with Gasteiger partial charge in [-0.25, -0.2) is 0 Å². The molecule has 1 aromatic carbocycles. The van der Waals surface area contributed by atoms with Crippen molar-refractivity contribution in [3.05, 3.63) is 57.5 Å². The molecule has 0 bridgehead atoms. The molecule has 3 aromatic rings. The number of carbonyl (C=O) groups excluding carboxylic acids is 1. The van der Waals surface area contributed by atoms with Crippen molar-refractivity contribution in [2.45, 2.75) is 26.8 Å². The number of benzene rings is 1. The van der Waals surface area contributed by atoms with Gasteiger partial charge in [-0.05, 0) is 25.1 Å². The van der Waals surface area contributed by atoms with Gasteiger partial charge in [0, 0.05) is 35.8 Å². The number of fused-ring (bicyclic) bond motifs is 1. The molecule has 0 atom stereocenters. The highest BCUT2D eigenvalue weighted by Gasteiger charge is 2.19. The van der Waals surface area contributed by atoms with E-state index in [-0.39, 0.29) is 5.91 Å². The standard InChI is InChI=1S/C18H19NO2S/c1-4-15-14(13-7-5-6-8-16(13)21-15)11-19(3)18(20)17-10-9-12(2)22-17/h5-10H,4,11H2,1-3H3. The van der Waals surface area contributed by atoms with Crippen LogP contribution < -0.4 is 0 Å². The van der Waals surface area contributed by atoms with Gasteiger partial charge in [0.1, 0.15) is 11.3 Å². The zero-order valence-electron chi connectivity index (χ0n) is 13.1. The first-order valence-corrected chi connectivity index (χ1v) is 8.23. The number of hydrogen-bond acceptors (Lipinski definition) is 3. The van der Waals surface area contributed by atoms with E-state index in [2.05, 4.69) is 13.0 Å². The van der Waals surface area contributed by atoms with E-state index >= 15 is 0 Å². The molecular formula is C18H19NO2S. The fourth-order valence-corrected chi connectivity index (χ4v) is 3.52. The summed E-state index contributed by atoms with van der Waals surface area (Å²) in [6, 6.07) is 11.9. The van der Waals surface area contributed by atoms with Crippen molar-refractivity contribution in [3.63, 3.8) is 0 Å². The van der Waals surface area contributed by atoms with E-state index in [0.29, 0.717) is 6.54 Å². The Balaban J connectivity index is 1.90. The van der Waals surface area contributed by atoms with Crippen LogP contribution in [0.15, 0.2) is 40.8 Å². The van der Waals surface area contributed by atoms with Gasteiger partial charge in [0.15, 0.2) is 0 Å². The Morgan fingerprint density at radius 2 is 2.00 bits per heavy atom. The van der Waals surface area contributed by atoms with Crippen LogP contribution in [0.5, 0.6) is 0 Å². The van der Waals surface area contributed by atoms with Crippen molar-refractivity contribution in [1.82, 2.24) is 4.90 Å². The summed E-state index contributed by atoms with van der Waals surface area (Å²) in [4.78, 5) is 16.2. The van der Waals surface area contributed by atoms with Crippen LogP contribution in [0.4, 0.5) is 0 Å². The summed E-state index contributed by atoms with van der Waals surface area (Å²) in [5.74, 6) is 1.02. The van der Waals surface area contributed by atoms with Crippen molar-refractivity contribution in [2.75, 3.05) is 7.05 Å². The van der Waals surface area contributed by atoms with Crippen LogP contribution in [0.3, 0.4) is 0 Å². The number of para-hydroxylation sites is 1. The summed E-state index contributed by atoms with van der Waals surface area (Å²) in [6.07, 6.45) is 0.824. The smallest absolute Gasteiger partial charge is 0.263 e.